The second kappa shape index (κ2) is 11.4. The highest BCUT2D eigenvalue weighted by molar-refractivity contribution is 7.89. The number of hydrogen-bond donors (Lipinski definition) is 1. The number of likely N-dealkylation sites (tertiary alicyclic amines) is 1. The van der Waals surface area contributed by atoms with Gasteiger partial charge in [0.05, 0.1) is 23.7 Å². The third-order valence-electron chi connectivity index (χ3n) is 7.19. The first-order valence-corrected chi connectivity index (χ1v) is 13.8. The summed E-state index contributed by atoms with van der Waals surface area (Å²) in [5.41, 5.74) is 0.535. The van der Waals surface area contributed by atoms with E-state index in [1.807, 2.05) is 0 Å². The van der Waals surface area contributed by atoms with Crippen LogP contribution in [0.1, 0.15) is 43.4 Å². The fourth-order valence-corrected chi connectivity index (χ4v) is 6.90. The van der Waals surface area contributed by atoms with Gasteiger partial charge in [0.25, 0.3) is 0 Å². The minimum atomic E-state index is -4.35. The zero-order chi connectivity index (χ0) is 28.5. The number of alkyl halides is 4. The van der Waals surface area contributed by atoms with Gasteiger partial charge in [0, 0.05) is 30.1 Å². The molecule has 39 heavy (non-hydrogen) atoms. The van der Waals surface area contributed by atoms with Gasteiger partial charge in [-0.2, -0.15) is 17.5 Å². The molecule has 2 aliphatic heterocycles. The molecule has 1 aromatic heterocycles. The number of amides is 1. The standard InChI is InChI=1S/C25H28F6N4O3S/c1-15-20(27)11-23(35(15)39(37,38)19-4-2-18(26)3-5-19)24(36)33-12-17-10-22(32-13-21(17)28)16-6-8-34(9-7-16)14-25(29,30)31/h2-5,10,13,15-16,20,23H,6-9,11-12,14H2,1H3,(H,33,36). The van der Waals surface area contributed by atoms with Gasteiger partial charge in [-0.1, -0.05) is 0 Å². The molecular formula is C25H28F6N4O3S. The van der Waals surface area contributed by atoms with Gasteiger partial charge in [0.15, 0.2) is 0 Å². The maximum absolute atomic E-state index is 14.6. The van der Waals surface area contributed by atoms with Crippen molar-refractivity contribution < 1.29 is 39.6 Å². The number of aromatic nitrogens is 1. The number of pyridine rings is 1. The lowest BCUT2D eigenvalue weighted by atomic mass is 9.92. The molecule has 2 aromatic rings. The third-order valence-corrected chi connectivity index (χ3v) is 9.20. The Balaban J connectivity index is 1.44. The summed E-state index contributed by atoms with van der Waals surface area (Å²) in [7, 11) is -4.35. The van der Waals surface area contributed by atoms with Crippen LogP contribution in [0, 0.1) is 11.6 Å². The smallest absolute Gasteiger partial charge is 0.351 e. The molecule has 14 heteroatoms. The average Bonchev–Trinajstić information content (AvgIpc) is 3.18. The Morgan fingerprint density at radius 2 is 1.77 bits per heavy atom. The lowest BCUT2D eigenvalue weighted by molar-refractivity contribution is -0.148. The Bertz CT molecular complexity index is 1280. The van der Waals surface area contributed by atoms with Crippen LogP contribution in [-0.4, -0.2) is 72.6 Å². The van der Waals surface area contributed by atoms with Crippen LogP contribution in [0.15, 0.2) is 41.4 Å². The van der Waals surface area contributed by atoms with Crippen molar-refractivity contribution in [3.05, 3.63) is 59.4 Å². The molecule has 3 heterocycles. The van der Waals surface area contributed by atoms with Crippen LogP contribution in [0.3, 0.4) is 0 Å². The number of sulfonamides is 1. The number of carbonyl (C=O) groups is 1. The van der Waals surface area contributed by atoms with Gasteiger partial charge in [0.2, 0.25) is 15.9 Å². The topological polar surface area (TPSA) is 82.6 Å². The Morgan fingerprint density at radius 3 is 2.38 bits per heavy atom. The molecule has 0 radical (unpaired) electrons. The Labute approximate surface area is 222 Å². The van der Waals surface area contributed by atoms with E-state index < -0.39 is 65.0 Å². The van der Waals surface area contributed by atoms with Crippen molar-refractivity contribution >= 4 is 15.9 Å². The highest BCUT2D eigenvalue weighted by atomic mass is 32.2. The molecular weight excluding hydrogens is 550 g/mol. The first-order valence-electron chi connectivity index (χ1n) is 12.4. The van der Waals surface area contributed by atoms with E-state index in [9.17, 15) is 39.6 Å². The predicted molar refractivity (Wildman–Crippen MR) is 129 cm³/mol. The molecule has 1 amide bonds. The molecule has 2 fully saturated rings. The van der Waals surface area contributed by atoms with E-state index in [2.05, 4.69) is 10.3 Å². The summed E-state index contributed by atoms with van der Waals surface area (Å²) in [6, 6.07) is 2.80. The first kappa shape index (κ1) is 29.3. The summed E-state index contributed by atoms with van der Waals surface area (Å²) in [6.07, 6.45) is -4.57. The van der Waals surface area contributed by atoms with Crippen LogP contribution in [0.5, 0.6) is 0 Å². The van der Waals surface area contributed by atoms with E-state index >= 15 is 0 Å². The first-order chi connectivity index (χ1) is 18.3. The second-order valence-corrected chi connectivity index (χ2v) is 11.7. The number of halogens is 6. The summed E-state index contributed by atoms with van der Waals surface area (Å²) in [6.45, 7) is 0.407. The number of nitrogens with one attached hydrogen (secondary N) is 1. The number of piperidine rings is 1. The largest absolute Gasteiger partial charge is 0.401 e. The molecule has 7 nitrogen and oxygen atoms in total. The van der Waals surface area contributed by atoms with Gasteiger partial charge in [-0.25, -0.2) is 21.6 Å². The fraction of sp³-hybridized carbons (Fsp3) is 0.520. The van der Waals surface area contributed by atoms with E-state index in [-0.39, 0.29) is 36.0 Å². The Morgan fingerprint density at radius 1 is 1.13 bits per heavy atom. The molecule has 3 unspecified atom stereocenters. The second-order valence-electron chi connectivity index (χ2n) is 9.88. The minimum absolute atomic E-state index is 0.0573. The lowest BCUT2D eigenvalue weighted by Crippen LogP contribution is -2.48. The van der Waals surface area contributed by atoms with E-state index in [1.165, 1.54) is 17.9 Å². The summed E-state index contributed by atoms with van der Waals surface area (Å²) in [4.78, 5) is 18.1. The van der Waals surface area contributed by atoms with Crippen molar-refractivity contribution in [3.63, 3.8) is 0 Å². The summed E-state index contributed by atoms with van der Waals surface area (Å²) in [5.74, 6) is -2.41. The van der Waals surface area contributed by atoms with Crippen molar-refractivity contribution in [1.82, 2.24) is 19.5 Å². The fourth-order valence-electron chi connectivity index (χ4n) is 5.09. The van der Waals surface area contributed by atoms with E-state index in [4.69, 9.17) is 0 Å². The van der Waals surface area contributed by atoms with Crippen LogP contribution in [-0.2, 0) is 21.4 Å². The molecule has 4 rings (SSSR count). The number of hydrogen-bond acceptors (Lipinski definition) is 5. The van der Waals surface area contributed by atoms with Gasteiger partial charge < -0.3 is 5.32 Å². The molecule has 0 spiro atoms. The van der Waals surface area contributed by atoms with Gasteiger partial charge in [0.1, 0.15) is 23.8 Å². The molecule has 2 aliphatic rings. The third kappa shape index (κ3) is 6.72. The molecule has 1 aromatic carbocycles. The van der Waals surface area contributed by atoms with Crippen LogP contribution < -0.4 is 5.32 Å². The maximum atomic E-state index is 14.6. The molecule has 1 N–H and O–H groups in total. The molecule has 214 valence electrons. The lowest BCUT2D eigenvalue weighted by Gasteiger charge is -2.32. The van der Waals surface area contributed by atoms with Gasteiger partial charge in [-0.05, 0) is 63.2 Å². The highest BCUT2D eigenvalue weighted by Crippen LogP contribution is 2.34. The molecule has 2 saturated heterocycles. The molecule has 0 aliphatic carbocycles. The van der Waals surface area contributed by atoms with Crippen LogP contribution in [0.2, 0.25) is 0 Å². The van der Waals surface area contributed by atoms with Gasteiger partial charge in [-0.3, -0.25) is 14.7 Å². The van der Waals surface area contributed by atoms with Crippen molar-refractivity contribution in [1.29, 1.82) is 0 Å². The average molecular weight is 579 g/mol. The normalized spacial score (nSPS) is 23.7. The van der Waals surface area contributed by atoms with Crippen LogP contribution in [0.4, 0.5) is 26.3 Å². The van der Waals surface area contributed by atoms with Crippen LogP contribution >= 0.6 is 0 Å². The predicted octanol–water partition coefficient (Wildman–Crippen LogP) is 3.91. The van der Waals surface area contributed by atoms with Crippen molar-refractivity contribution in [3.8, 4) is 0 Å². The summed E-state index contributed by atoms with van der Waals surface area (Å²) in [5, 5.41) is 2.48. The molecule has 3 atom stereocenters. The minimum Gasteiger partial charge on any atom is -0.351 e. The molecule has 0 saturated carbocycles. The van der Waals surface area contributed by atoms with E-state index in [1.54, 1.807) is 0 Å². The zero-order valence-electron chi connectivity index (χ0n) is 21.0. The van der Waals surface area contributed by atoms with Gasteiger partial charge >= 0.3 is 6.18 Å². The monoisotopic (exact) mass is 578 g/mol. The maximum Gasteiger partial charge on any atom is 0.401 e. The summed E-state index contributed by atoms with van der Waals surface area (Å²) < 4.78 is 108. The number of nitrogens with zero attached hydrogens (tertiary/aromatic N) is 3. The van der Waals surface area contributed by atoms with E-state index in [0.717, 1.165) is 34.8 Å². The molecule has 0 bridgehead atoms. The number of benzene rings is 1. The SMILES string of the molecule is CC1C(F)CC(C(=O)NCc2cc(C3CCN(CC(F)(F)F)CC3)ncc2F)N1S(=O)(=O)c1ccc(F)cc1. The summed E-state index contributed by atoms with van der Waals surface area (Å²) >= 11 is 0. The quantitative estimate of drug-likeness (QED) is 0.504. The van der Waals surface area contributed by atoms with Crippen LogP contribution in [0.25, 0.3) is 0 Å². The zero-order valence-corrected chi connectivity index (χ0v) is 21.8. The Kier molecular flexibility index (Phi) is 8.57. The van der Waals surface area contributed by atoms with Crippen molar-refractivity contribution in [2.24, 2.45) is 0 Å². The van der Waals surface area contributed by atoms with Gasteiger partial charge in [-0.15, -0.1) is 0 Å². The number of rotatable bonds is 7. The van der Waals surface area contributed by atoms with E-state index in [0.29, 0.717) is 18.5 Å². The highest BCUT2D eigenvalue weighted by Gasteiger charge is 2.49. The van der Waals surface area contributed by atoms with Crippen molar-refractivity contribution in [2.45, 2.75) is 68.0 Å². The Hall–Kier alpha value is -2.71. The van der Waals surface area contributed by atoms with Crippen molar-refractivity contribution in [2.75, 3.05) is 19.6 Å². The number of carbonyl (C=O) groups excluding carboxylic acids is 1.